The first-order valence-electron chi connectivity index (χ1n) is 5.38. The van der Waals surface area contributed by atoms with Gasteiger partial charge in [0.25, 0.3) is 0 Å². The van der Waals surface area contributed by atoms with E-state index in [1.165, 1.54) is 12.1 Å². The fraction of sp³-hybridized carbons (Fsp3) is 0.500. The standard InChI is InChI=1S/C12H14ClFO2/c13-10-5-9(6-11(14)7-10)12(15)8-1-3-16-4-2-8/h5-8,12,15H,1-4H2. The quantitative estimate of drug-likeness (QED) is 0.867. The highest BCUT2D eigenvalue weighted by Crippen LogP contribution is 2.31. The van der Waals surface area contributed by atoms with E-state index in [4.69, 9.17) is 16.3 Å². The van der Waals surface area contributed by atoms with E-state index in [-0.39, 0.29) is 5.92 Å². The summed E-state index contributed by atoms with van der Waals surface area (Å²) in [6.45, 7) is 1.32. The zero-order chi connectivity index (χ0) is 11.5. The Labute approximate surface area is 99.0 Å². The van der Waals surface area contributed by atoms with Crippen molar-refractivity contribution in [3.05, 3.63) is 34.6 Å². The van der Waals surface area contributed by atoms with Gasteiger partial charge in [-0.2, -0.15) is 0 Å². The second kappa shape index (κ2) is 5.13. The molecule has 0 spiro atoms. The molecule has 0 aliphatic carbocycles. The molecule has 2 rings (SSSR count). The van der Waals surface area contributed by atoms with E-state index in [1.807, 2.05) is 0 Å². The monoisotopic (exact) mass is 244 g/mol. The van der Waals surface area contributed by atoms with Crippen molar-refractivity contribution in [3.8, 4) is 0 Å². The molecule has 1 saturated heterocycles. The fourth-order valence-electron chi connectivity index (χ4n) is 2.05. The number of hydrogen-bond donors (Lipinski definition) is 1. The molecule has 1 aromatic carbocycles. The van der Waals surface area contributed by atoms with Crippen molar-refractivity contribution in [1.29, 1.82) is 0 Å². The van der Waals surface area contributed by atoms with Gasteiger partial charge >= 0.3 is 0 Å². The molecule has 1 aliphatic rings. The van der Waals surface area contributed by atoms with Crippen LogP contribution in [0.2, 0.25) is 5.02 Å². The second-order valence-electron chi connectivity index (χ2n) is 4.10. The SMILES string of the molecule is OC(c1cc(F)cc(Cl)c1)C1CCOCC1. The molecule has 0 aromatic heterocycles. The minimum absolute atomic E-state index is 0.131. The van der Waals surface area contributed by atoms with Crippen LogP contribution in [0.1, 0.15) is 24.5 Å². The number of hydrogen-bond acceptors (Lipinski definition) is 2. The van der Waals surface area contributed by atoms with Crippen molar-refractivity contribution in [2.45, 2.75) is 18.9 Å². The molecule has 1 unspecified atom stereocenters. The molecule has 1 heterocycles. The van der Waals surface area contributed by atoms with Gasteiger partial charge in [0.2, 0.25) is 0 Å². The molecule has 1 fully saturated rings. The number of aliphatic hydroxyl groups is 1. The van der Waals surface area contributed by atoms with Gasteiger partial charge in [-0.3, -0.25) is 0 Å². The van der Waals surface area contributed by atoms with Gasteiger partial charge in [0, 0.05) is 18.2 Å². The summed E-state index contributed by atoms with van der Waals surface area (Å²) in [6, 6.07) is 4.19. The zero-order valence-electron chi connectivity index (χ0n) is 8.83. The maximum atomic E-state index is 13.1. The van der Waals surface area contributed by atoms with Crippen molar-refractivity contribution in [1.82, 2.24) is 0 Å². The molecule has 1 aliphatic heterocycles. The smallest absolute Gasteiger partial charge is 0.125 e. The van der Waals surface area contributed by atoms with E-state index >= 15 is 0 Å². The van der Waals surface area contributed by atoms with Crippen LogP contribution in [0, 0.1) is 11.7 Å². The van der Waals surface area contributed by atoms with Crippen LogP contribution in [0.4, 0.5) is 4.39 Å². The summed E-state index contributed by atoms with van der Waals surface area (Å²) in [6.07, 6.45) is 0.946. The summed E-state index contributed by atoms with van der Waals surface area (Å²) in [4.78, 5) is 0. The third-order valence-corrected chi connectivity index (χ3v) is 3.16. The lowest BCUT2D eigenvalue weighted by molar-refractivity contribution is 0.00709. The predicted molar refractivity (Wildman–Crippen MR) is 59.9 cm³/mol. The Kier molecular flexibility index (Phi) is 3.79. The van der Waals surface area contributed by atoms with Crippen molar-refractivity contribution in [2.75, 3.05) is 13.2 Å². The van der Waals surface area contributed by atoms with Crippen LogP contribution in [0.3, 0.4) is 0 Å². The van der Waals surface area contributed by atoms with Crippen LogP contribution in [0.5, 0.6) is 0 Å². The molecule has 1 atom stereocenters. The molecular formula is C12H14ClFO2. The minimum atomic E-state index is -0.655. The summed E-state index contributed by atoms with van der Waals surface area (Å²) in [5.41, 5.74) is 0.553. The Hall–Kier alpha value is -0.640. The summed E-state index contributed by atoms with van der Waals surface area (Å²) in [5, 5.41) is 10.4. The number of aliphatic hydroxyl groups excluding tert-OH is 1. The Morgan fingerprint density at radius 2 is 2.00 bits per heavy atom. The van der Waals surface area contributed by atoms with Gasteiger partial charge in [-0.05, 0) is 42.5 Å². The molecule has 2 nitrogen and oxygen atoms in total. The number of benzene rings is 1. The second-order valence-corrected chi connectivity index (χ2v) is 4.53. The highest BCUT2D eigenvalue weighted by Gasteiger charge is 2.24. The van der Waals surface area contributed by atoms with Crippen molar-refractivity contribution < 1.29 is 14.2 Å². The van der Waals surface area contributed by atoms with E-state index in [2.05, 4.69) is 0 Å². The third kappa shape index (κ3) is 2.73. The first-order chi connectivity index (χ1) is 7.66. The van der Waals surface area contributed by atoms with E-state index in [9.17, 15) is 9.50 Å². The van der Waals surface area contributed by atoms with Gasteiger partial charge < -0.3 is 9.84 Å². The number of rotatable bonds is 2. The molecule has 1 N–H and O–H groups in total. The molecule has 16 heavy (non-hydrogen) atoms. The first-order valence-corrected chi connectivity index (χ1v) is 5.76. The lowest BCUT2D eigenvalue weighted by Gasteiger charge is -2.27. The van der Waals surface area contributed by atoms with Crippen LogP contribution >= 0.6 is 11.6 Å². The van der Waals surface area contributed by atoms with Crippen molar-refractivity contribution >= 4 is 11.6 Å². The average molecular weight is 245 g/mol. The molecule has 4 heteroatoms. The topological polar surface area (TPSA) is 29.5 Å². The molecular weight excluding hydrogens is 231 g/mol. The average Bonchev–Trinajstić information content (AvgIpc) is 2.28. The van der Waals surface area contributed by atoms with Gasteiger partial charge in [0.05, 0.1) is 6.10 Å². The Bertz CT molecular complexity index is 344. The zero-order valence-corrected chi connectivity index (χ0v) is 9.58. The minimum Gasteiger partial charge on any atom is -0.388 e. The van der Waals surface area contributed by atoms with Gasteiger partial charge in [0.1, 0.15) is 5.82 Å². The van der Waals surface area contributed by atoms with Crippen molar-refractivity contribution in [3.63, 3.8) is 0 Å². The third-order valence-electron chi connectivity index (χ3n) is 2.94. The fourth-order valence-corrected chi connectivity index (χ4v) is 2.28. The number of halogens is 2. The molecule has 1 aromatic rings. The molecule has 0 amide bonds. The van der Waals surface area contributed by atoms with E-state index in [0.717, 1.165) is 12.8 Å². The normalized spacial score (nSPS) is 19.7. The Balaban J connectivity index is 2.15. The van der Waals surface area contributed by atoms with Crippen LogP contribution in [-0.2, 0) is 4.74 Å². The maximum Gasteiger partial charge on any atom is 0.125 e. The maximum absolute atomic E-state index is 13.1. The summed E-state index contributed by atoms with van der Waals surface area (Å²) in [5.74, 6) is -0.278. The molecule has 0 radical (unpaired) electrons. The Morgan fingerprint density at radius 1 is 1.31 bits per heavy atom. The highest BCUT2D eigenvalue weighted by molar-refractivity contribution is 6.30. The first kappa shape index (κ1) is 11.8. The number of ether oxygens (including phenoxy) is 1. The summed E-state index contributed by atoms with van der Waals surface area (Å²) in [7, 11) is 0. The Morgan fingerprint density at radius 3 is 2.62 bits per heavy atom. The molecule has 0 saturated carbocycles. The lowest BCUT2D eigenvalue weighted by atomic mass is 9.89. The van der Waals surface area contributed by atoms with Crippen molar-refractivity contribution in [2.24, 2.45) is 5.92 Å². The van der Waals surface area contributed by atoms with Crippen LogP contribution in [0.15, 0.2) is 18.2 Å². The van der Waals surface area contributed by atoms with Crippen LogP contribution in [0.25, 0.3) is 0 Å². The van der Waals surface area contributed by atoms with E-state index in [0.29, 0.717) is 23.8 Å². The van der Waals surface area contributed by atoms with Gasteiger partial charge in [-0.15, -0.1) is 0 Å². The van der Waals surface area contributed by atoms with Gasteiger partial charge in [-0.25, -0.2) is 4.39 Å². The predicted octanol–water partition coefficient (Wildman–Crippen LogP) is 2.94. The summed E-state index contributed by atoms with van der Waals surface area (Å²) >= 11 is 5.76. The van der Waals surface area contributed by atoms with Crippen LogP contribution in [-0.4, -0.2) is 18.3 Å². The van der Waals surface area contributed by atoms with Gasteiger partial charge in [-0.1, -0.05) is 11.6 Å². The van der Waals surface area contributed by atoms with Gasteiger partial charge in [0.15, 0.2) is 0 Å². The van der Waals surface area contributed by atoms with E-state index < -0.39 is 11.9 Å². The lowest BCUT2D eigenvalue weighted by Crippen LogP contribution is -2.22. The largest absolute Gasteiger partial charge is 0.388 e. The highest BCUT2D eigenvalue weighted by atomic mass is 35.5. The summed E-state index contributed by atoms with van der Waals surface area (Å²) < 4.78 is 18.4. The van der Waals surface area contributed by atoms with E-state index in [1.54, 1.807) is 6.07 Å². The van der Waals surface area contributed by atoms with Crippen LogP contribution < -0.4 is 0 Å². The molecule has 88 valence electrons. The molecule has 0 bridgehead atoms.